The molecule has 0 spiro atoms. The molecular weight excluding hydrogens is 252 g/mol. The molecule has 1 N–H and O–H groups in total. The zero-order valence-corrected chi connectivity index (χ0v) is 12.2. The van der Waals surface area contributed by atoms with E-state index in [0.29, 0.717) is 5.95 Å². The number of para-hydroxylation sites is 1. The molecule has 3 rings (SSSR count). The fraction of sp³-hybridized carbons (Fsp3) is 0.467. The highest BCUT2D eigenvalue weighted by Crippen LogP contribution is 2.28. The van der Waals surface area contributed by atoms with E-state index >= 15 is 0 Å². The van der Waals surface area contributed by atoms with Gasteiger partial charge in [-0.25, -0.2) is 4.98 Å². The van der Waals surface area contributed by atoms with E-state index in [1.165, 1.54) is 0 Å². The molecule has 0 aliphatic carbocycles. The van der Waals surface area contributed by atoms with Crippen LogP contribution in [0.4, 0.5) is 11.8 Å². The van der Waals surface area contributed by atoms with E-state index in [2.05, 4.69) is 40.1 Å². The first-order valence-electron chi connectivity index (χ1n) is 6.92. The van der Waals surface area contributed by atoms with Crippen LogP contribution >= 0.6 is 0 Å². The fourth-order valence-electron chi connectivity index (χ4n) is 2.61. The van der Waals surface area contributed by atoms with Gasteiger partial charge >= 0.3 is 0 Å². The number of rotatable bonds is 2. The van der Waals surface area contributed by atoms with Gasteiger partial charge in [-0.05, 0) is 26.0 Å². The van der Waals surface area contributed by atoms with Gasteiger partial charge in [0.05, 0.1) is 17.7 Å². The monoisotopic (exact) mass is 272 g/mol. The molecule has 0 saturated carbocycles. The minimum absolute atomic E-state index is 0.149. The van der Waals surface area contributed by atoms with Crippen LogP contribution < -0.4 is 10.2 Å². The van der Waals surface area contributed by atoms with Gasteiger partial charge in [-0.1, -0.05) is 12.1 Å². The Morgan fingerprint density at radius 3 is 2.80 bits per heavy atom. The van der Waals surface area contributed by atoms with Gasteiger partial charge in [0.25, 0.3) is 0 Å². The number of nitrogens with one attached hydrogen (secondary N) is 1. The third-order valence-electron chi connectivity index (χ3n) is 3.53. The van der Waals surface area contributed by atoms with Crippen LogP contribution in [-0.2, 0) is 4.74 Å². The van der Waals surface area contributed by atoms with E-state index in [9.17, 15) is 0 Å². The second-order valence-electron chi connectivity index (χ2n) is 5.67. The van der Waals surface area contributed by atoms with Crippen molar-refractivity contribution in [2.24, 2.45) is 0 Å². The molecule has 0 amide bonds. The summed E-state index contributed by atoms with van der Waals surface area (Å²) >= 11 is 0. The number of anilines is 2. The van der Waals surface area contributed by atoms with Gasteiger partial charge in [0.1, 0.15) is 5.82 Å². The molecule has 106 valence electrons. The Bertz CT molecular complexity index is 626. The van der Waals surface area contributed by atoms with Crippen LogP contribution in [0.3, 0.4) is 0 Å². The summed E-state index contributed by atoms with van der Waals surface area (Å²) in [5.74, 6) is 1.64. The van der Waals surface area contributed by atoms with Gasteiger partial charge in [0, 0.05) is 25.5 Å². The summed E-state index contributed by atoms with van der Waals surface area (Å²) in [5, 5.41) is 4.13. The quantitative estimate of drug-likeness (QED) is 0.909. The van der Waals surface area contributed by atoms with Crippen molar-refractivity contribution in [3.05, 3.63) is 24.3 Å². The molecular formula is C15H20N4O. The van der Waals surface area contributed by atoms with Gasteiger partial charge in [0.15, 0.2) is 0 Å². The molecule has 5 heteroatoms. The molecule has 0 atom stereocenters. The van der Waals surface area contributed by atoms with Crippen molar-refractivity contribution in [3.63, 3.8) is 0 Å². The Morgan fingerprint density at radius 2 is 2.05 bits per heavy atom. The van der Waals surface area contributed by atoms with Crippen molar-refractivity contribution in [2.45, 2.75) is 19.4 Å². The predicted octanol–water partition coefficient (Wildman–Crippen LogP) is 2.29. The average Bonchev–Trinajstić information content (AvgIpc) is 2.45. The summed E-state index contributed by atoms with van der Waals surface area (Å²) in [6, 6.07) is 8.13. The number of ether oxygens (including phenoxy) is 1. The van der Waals surface area contributed by atoms with Crippen LogP contribution in [0.15, 0.2) is 24.3 Å². The fourth-order valence-corrected chi connectivity index (χ4v) is 2.61. The zero-order valence-electron chi connectivity index (χ0n) is 12.2. The van der Waals surface area contributed by atoms with Gasteiger partial charge < -0.3 is 15.0 Å². The highest BCUT2D eigenvalue weighted by molar-refractivity contribution is 5.90. The van der Waals surface area contributed by atoms with Crippen molar-refractivity contribution in [2.75, 3.05) is 37.0 Å². The maximum atomic E-state index is 5.78. The second kappa shape index (κ2) is 4.90. The Hall–Kier alpha value is -1.88. The molecule has 1 fully saturated rings. The number of hydrogen-bond acceptors (Lipinski definition) is 5. The summed E-state index contributed by atoms with van der Waals surface area (Å²) in [7, 11) is 1.84. The first-order valence-corrected chi connectivity index (χ1v) is 6.92. The number of benzene rings is 1. The normalized spacial score (nSPS) is 18.2. The number of morpholine rings is 1. The van der Waals surface area contributed by atoms with Crippen molar-refractivity contribution < 1.29 is 4.74 Å². The van der Waals surface area contributed by atoms with Crippen molar-refractivity contribution >= 4 is 22.7 Å². The molecule has 0 radical (unpaired) electrons. The van der Waals surface area contributed by atoms with Crippen molar-refractivity contribution in [1.82, 2.24) is 9.97 Å². The molecule has 1 aliphatic rings. The van der Waals surface area contributed by atoms with E-state index in [-0.39, 0.29) is 5.60 Å². The Morgan fingerprint density at radius 1 is 1.25 bits per heavy atom. The molecule has 1 aliphatic heterocycles. The minimum atomic E-state index is -0.149. The largest absolute Gasteiger partial charge is 0.372 e. The van der Waals surface area contributed by atoms with Crippen LogP contribution in [-0.4, -0.2) is 42.3 Å². The summed E-state index contributed by atoms with van der Waals surface area (Å²) < 4.78 is 5.78. The van der Waals surface area contributed by atoms with E-state index in [0.717, 1.165) is 36.4 Å². The highest BCUT2D eigenvalue weighted by Gasteiger charge is 2.29. The van der Waals surface area contributed by atoms with E-state index in [1.807, 2.05) is 25.2 Å². The summed E-state index contributed by atoms with van der Waals surface area (Å²) in [4.78, 5) is 11.4. The Labute approximate surface area is 119 Å². The molecule has 0 bridgehead atoms. The lowest BCUT2D eigenvalue weighted by Gasteiger charge is -2.39. The van der Waals surface area contributed by atoms with Gasteiger partial charge in [-0.15, -0.1) is 0 Å². The minimum Gasteiger partial charge on any atom is -0.372 e. The third-order valence-corrected chi connectivity index (χ3v) is 3.53. The van der Waals surface area contributed by atoms with Crippen LogP contribution in [0.5, 0.6) is 0 Å². The average molecular weight is 272 g/mol. The van der Waals surface area contributed by atoms with E-state index in [1.54, 1.807) is 0 Å². The smallest absolute Gasteiger partial charge is 0.224 e. The van der Waals surface area contributed by atoms with E-state index < -0.39 is 0 Å². The molecule has 0 unspecified atom stereocenters. The summed E-state index contributed by atoms with van der Waals surface area (Å²) in [5.41, 5.74) is 0.815. The Kier molecular flexibility index (Phi) is 3.22. The first-order chi connectivity index (χ1) is 9.59. The highest BCUT2D eigenvalue weighted by atomic mass is 16.5. The standard InChI is InChI=1S/C15H20N4O/c1-15(2)10-19(8-9-20-15)13-11-6-4-5-7-12(11)17-14(16-3)18-13/h4-7H,8-10H2,1-3H3,(H,16,17,18). The molecule has 2 aromatic rings. The number of aromatic nitrogens is 2. The maximum absolute atomic E-state index is 5.78. The number of fused-ring (bicyclic) bond motifs is 1. The second-order valence-corrected chi connectivity index (χ2v) is 5.67. The lowest BCUT2D eigenvalue weighted by atomic mass is 10.1. The molecule has 2 heterocycles. The van der Waals surface area contributed by atoms with Gasteiger partial charge in [0.2, 0.25) is 5.95 Å². The van der Waals surface area contributed by atoms with Gasteiger partial charge in [-0.3, -0.25) is 0 Å². The maximum Gasteiger partial charge on any atom is 0.224 e. The molecule has 20 heavy (non-hydrogen) atoms. The SMILES string of the molecule is CNc1nc(N2CCOC(C)(C)C2)c2ccccc2n1. The molecule has 1 saturated heterocycles. The van der Waals surface area contributed by atoms with Crippen LogP contribution in [0.1, 0.15) is 13.8 Å². The summed E-state index contributed by atoms with van der Waals surface area (Å²) in [6.45, 7) is 6.63. The Balaban J connectivity index is 2.09. The lowest BCUT2D eigenvalue weighted by molar-refractivity contribution is -0.0278. The molecule has 1 aromatic carbocycles. The predicted molar refractivity (Wildman–Crippen MR) is 81.3 cm³/mol. The third kappa shape index (κ3) is 2.41. The number of nitrogens with zero attached hydrogens (tertiary/aromatic N) is 3. The van der Waals surface area contributed by atoms with E-state index in [4.69, 9.17) is 4.74 Å². The number of hydrogen-bond donors (Lipinski definition) is 1. The lowest BCUT2D eigenvalue weighted by Crippen LogP contribution is -2.48. The molecule has 5 nitrogen and oxygen atoms in total. The van der Waals surface area contributed by atoms with Crippen LogP contribution in [0.25, 0.3) is 10.9 Å². The van der Waals surface area contributed by atoms with Crippen molar-refractivity contribution in [3.8, 4) is 0 Å². The topological polar surface area (TPSA) is 50.3 Å². The van der Waals surface area contributed by atoms with Gasteiger partial charge in [-0.2, -0.15) is 4.98 Å². The zero-order chi connectivity index (χ0) is 14.2. The first kappa shape index (κ1) is 13.1. The van der Waals surface area contributed by atoms with Crippen LogP contribution in [0, 0.1) is 0 Å². The van der Waals surface area contributed by atoms with Crippen molar-refractivity contribution in [1.29, 1.82) is 0 Å². The molecule has 1 aromatic heterocycles. The van der Waals surface area contributed by atoms with Crippen LogP contribution in [0.2, 0.25) is 0 Å². The summed E-state index contributed by atoms with van der Waals surface area (Å²) in [6.07, 6.45) is 0.